The number of methoxy groups -OCH3 is 1. The fraction of sp³-hybridized carbons (Fsp3) is 0.571. The molecule has 1 heterocycles. The van der Waals surface area contributed by atoms with Gasteiger partial charge in [-0.3, -0.25) is 4.79 Å². The SMILES string of the molecule is CCCCCCCC(=O)Nc1ccc(OC)nc1. The number of nitrogens with one attached hydrogen (secondary N) is 1. The molecule has 18 heavy (non-hydrogen) atoms. The summed E-state index contributed by atoms with van der Waals surface area (Å²) in [5.41, 5.74) is 0.717. The molecule has 0 spiro atoms. The topological polar surface area (TPSA) is 51.2 Å². The highest BCUT2D eigenvalue weighted by atomic mass is 16.5. The Hall–Kier alpha value is -1.58. The Morgan fingerprint density at radius 3 is 2.67 bits per heavy atom. The Balaban J connectivity index is 2.22. The predicted molar refractivity (Wildman–Crippen MR) is 72.8 cm³/mol. The Labute approximate surface area is 109 Å². The van der Waals surface area contributed by atoms with Gasteiger partial charge < -0.3 is 10.1 Å². The average molecular weight is 250 g/mol. The van der Waals surface area contributed by atoms with Crippen LogP contribution in [-0.4, -0.2) is 18.0 Å². The van der Waals surface area contributed by atoms with Crippen LogP contribution in [0.3, 0.4) is 0 Å². The monoisotopic (exact) mass is 250 g/mol. The molecule has 1 aromatic rings. The van der Waals surface area contributed by atoms with E-state index in [0.29, 0.717) is 18.0 Å². The summed E-state index contributed by atoms with van der Waals surface area (Å²) in [5.74, 6) is 0.603. The second kappa shape index (κ2) is 8.50. The number of unbranched alkanes of at least 4 members (excludes halogenated alkanes) is 4. The van der Waals surface area contributed by atoms with Gasteiger partial charge in [-0.1, -0.05) is 32.6 Å². The summed E-state index contributed by atoms with van der Waals surface area (Å²) in [5, 5.41) is 2.83. The Bertz CT molecular complexity index is 349. The van der Waals surface area contributed by atoms with Gasteiger partial charge in [-0.2, -0.15) is 0 Å². The first-order chi connectivity index (χ1) is 8.76. The molecule has 4 heteroatoms. The molecule has 1 amide bonds. The first-order valence-corrected chi connectivity index (χ1v) is 6.56. The van der Waals surface area contributed by atoms with Crippen LogP contribution in [0.25, 0.3) is 0 Å². The second-order valence-electron chi connectivity index (χ2n) is 4.30. The zero-order chi connectivity index (χ0) is 13.2. The highest BCUT2D eigenvalue weighted by Crippen LogP contribution is 2.12. The summed E-state index contributed by atoms with van der Waals surface area (Å²) in [6, 6.07) is 3.53. The minimum atomic E-state index is 0.0541. The Morgan fingerprint density at radius 2 is 2.06 bits per heavy atom. The molecule has 0 saturated carbocycles. The number of anilines is 1. The number of ether oxygens (including phenoxy) is 1. The minimum absolute atomic E-state index is 0.0541. The molecule has 4 nitrogen and oxygen atoms in total. The predicted octanol–water partition coefficient (Wildman–Crippen LogP) is 3.39. The second-order valence-corrected chi connectivity index (χ2v) is 4.30. The molecule has 0 radical (unpaired) electrons. The average Bonchev–Trinajstić information content (AvgIpc) is 2.39. The van der Waals surface area contributed by atoms with Crippen molar-refractivity contribution in [3.05, 3.63) is 18.3 Å². The van der Waals surface area contributed by atoms with Gasteiger partial charge in [0, 0.05) is 12.5 Å². The maximum absolute atomic E-state index is 11.6. The van der Waals surface area contributed by atoms with Crippen molar-refractivity contribution in [2.24, 2.45) is 0 Å². The first-order valence-electron chi connectivity index (χ1n) is 6.56. The van der Waals surface area contributed by atoms with E-state index >= 15 is 0 Å². The van der Waals surface area contributed by atoms with Gasteiger partial charge in [-0.15, -0.1) is 0 Å². The normalized spacial score (nSPS) is 10.1. The van der Waals surface area contributed by atoms with E-state index in [9.17, 15) is 4.79 Å². The van der Waals surface area contributed by atoms with Crippen molar-refractivity contribution in [2.75, 3.05) is 12.4 Å². The van der Waals surface area contributed by atoms with Crippen LogP contribution in [0.1, 0.15) is 45.4 Å². The van der Waals surface area contributed by atoms with Crippen LogP contribution in [0, 0.1) is 0 Å². The van der Waals surface area contributed by atoms with Crippen molar-refractivity contribution >= 4 is 11.6 Å². The van der Waals surface area contributed by atoms with Crippen LogP contribution in [0.5, 0.6) is 5.88 Å². The lowest BCUT2D eigenvalue weighted by molar-refractivity contribution is -0.116. The molecule has 0 saturated heterocycles. The third-order valence-corrected chi connectivity index (χ3v) is 2.74. The first kappa shape index (κ1) is 14.5. The number of carbonyl (C=O) groups excluding carboxylic acids is 1. The van der Waals surface area contributed by atoms with E-state index in [1.165, 1.54) is 19.3 Å². The Morgan fingerprint density at radius 1 is 1.28 bits per heavy atom. The zero-order valence-electron chi connectivity index (χ0n) is 11.2. The molecule has 1 rings (SSSR count). The number of hydrogen-bond acceptors (Lipinski definition) is 3. The van der Waals surface area contributed by atoms with Gasteiger partial charge in [0.25, 0.3) is 0 Å². The maximum Gasteiger partial charge on any atom is 0.224 e. The quantitative estimate of drug-likeness (QED) is 0.719. The van der Waals surface area contributed by atoms with E-state index in [-0.39, 0.29) is 5.91 Å². The van der Waals surface area contributed by atoms with E-state index in [1.807, 2.05) is 0 Å². The summed E-state index contributed by atoms with van der Waals surface area (Å²) < 4.78 is 4.95. The fourth-order valence-corrected chi connectivity index (χ4v) is 1.69. The lowest BCUT2D eigenvalue weighted by Gasteiger charge is -2.05. The highest BCUT2D eigenvalue weighted by Gasteiger charge is 2.02. The summed E-state index contributed by atoms with van der Waals surface area (Å²) in [6.07, 6.45) is 7.96. The summed E-state index contributed by atoms with van der Waals surface area (Å²) in [7, 11) is 1.57. The molecule has 100 valence electrons. The summed E-state index contributed by atoms with van der Waals surface area (Å²) in [4.78, 5) is 15.7. The zero-order valence-corrected chi connectivity index (χ0v) is 11.2. The molecule has 0 unspecified atom stereocenters. The van der Waals surface area contributed by atoms with Gasteiger partial charge in [-0.05, 0) is 12.5 Å². The van der Waals surface area contributed by atoms with E-state index < -0.39 is 0 Å². The van der Waals surface area contributed by atoms with Crippen molar-refractivity contribution in [2.45, 2.75) is 45.4 Å². The molecular formula is C14H22N2O2. The number of amides is 1. The number of hydrogen-bond donors (Lipinski definition) is 1. The minimum Gasteiger partial charge on any atom is -0.481 e. The molecular weight excluding hydrogens is 228 g/mol. The molecule has 0 bridgehead atoms. The van der Waals surface area contributed by atoms with Crippen LogP contribution in [0.15, 0.2) is 18.3 Å². The van der Waals surface area contributed by atoms with Gasteiger partial charge >= 0.3 is 0 Å². The standard InChI is InChI=1S/C14H22N2O2/c1-3-4-5-6-7-8-13(17)16-12-9-10-14(18-2)15-11-12/h9-11H,3-8H2,1-2H3,(H,16,17). The molecule has 0 fully saturated rings. The van der Waals surface area contributed by atoms with Crippen molar-refractivity contribution in [1.29, 1.82) is 0 Å². The number of aromatic nitrogens is 1. The lowest BCUT2D eigenvalue weighted by atomic mass is 10.1. The third-order valence-electron chi connectivity index (χ3n) is 2.74. The molecule has 1 aromatic heterocycles. The van der Waals surface area contributed by atoms with Gasteiger partial charge in [0.1, 0.15) is 0 Å². The molecule has 0 atom stereocenters. The van der Waals surface area contributed by atoms with E-state index in [1.54, 1.807) is 25.4 Å². The largest absolute Gasteiger partial charge is 0.481 e. The van der Waals surface area contributed by atoms with E-state index in [4.69, 9.17) is 4.74 Å². The van der Waals surface area contributed by atoms with Crippen molar-refractivity contribution < 1.29 is 9.53 Å². The highest BCUT2D eigenvalue weighted by molar-refractivity contribution is 5.90. The smallest absolute Gasteiger partial charge is 0.224 e. The molecule has 0 aliphatic heterocycles. The van der Waals surface area contributed by atoms with E-state index in [2.05, 4.69) is 17.2 Å². The molecule has 0 aliphatic rings. The number of carbonyl (C=O) groups is 1. The van der Waals surface area contributed by atoms with Gasteiger partial charge in [0.15, 0.2) is 0 Å². The van der Waals surface area contributed by atoms with Crippen LogP contribution in [-0.2, 0) is 4.79 Å². The van der Waals surface area contributed by atoms with E-state index in [0.717, 1.165) is 12.8 Å². The number of rotatable bonds is 8. The third kappa shape index (κ3) is 5.66. The van der Waals surface area contributed by atoms with Crippen LogP contribution in [0.4, 0.5) is 5.69 Å². The lowest BCUT2D eigenvalue weighted by Crippen LogP contribution is -2.11. The Kier molecular flexibility index (Phi) is 6.84. The molecule has 1 N–H and O–H groups in total. The van der Waals surface area contributed by atoms with Crippen LogP contribution in [0.2, 0.25) is 0 Å². The summed E-state index contributed by atoms with van der Waals surface area (Å²) in [6.45, 7) is 2.18. The van der Waals surface area contributed by atoms with Crippen LogP contribution >= 0.6 is 0 Å². The fourth-order valence-electron chi connectivity index (χ4n) is 1.69. The van der Waals surface area contributed by atoms with Crippen molar-refractivity contribution in [1.82, 2.24) is 4.98 Å². The molecule has 0 aliphatic carbocycles. The van der Waals surface area contributed by atoms with Gasteiger partial charge in [0.2, 0.25) is 11.8 Å². The molecule has 0 aromatic carbocycles. The van der Waals surface area contributed by atoms with Crippen molar-refractivity contribution in [3.63, 3.8) is 0 Å². The van der Waals surface area contributed by atoms with Gasteiger partial charge in [0.05, 0.1) is 19.0 Å². The van der Waals surface area contributed by atoms with Crippen molar-refractivity contribution in [3.8, 4) is 5.88 Å². The number of nitrogens with zero attached hydrogens (tertiary/aromatic N) is 1. The van der Waals surface area contributed by atoms with Gasteiger partial charge in [-0.25, -0.2) is 4.98 Å². The maximum atomic E-state index is 11.6. The summed E-state index contributed by atoms with van der Waals surface area (Å²) >= 11 is 0. The van der Waals surface area contributed by atoms with Crippen LogP contribution < -0.4 is 10.1 Å². The number of pyridine rings is 1.